The zero-order valence-electron chi connectivity index (χ0n) is 11.7. The summed E-state index contributed by atoms with van der Waals surface area (Å²) in [6.45, 7) is 1.79. The van der Waals surface area contributed by atoms with E-state index in [1.165, 1.54) is 6.07 Å². The Morgan fingerprint density at radius 2 is 1.90 bits per heavy atom. The van der Waals surface area contributed by atoms with Gasteiger partial charge in [-0.1, -0.05) is 53.2 Å². The fourth-order valence-electron chi connectivity index (χ4n) is 2.19. The quantitative estimate of drug-likeness (QED) is 0.885. The van der Waals surface area contributed by atoms with Crippen LogP contribution in [0.5, 0.6) is 0 Å². The summed E-state index contributed by atoms with van der Waals surface area (Å²) in [5.41, 5.74) is 7.44. The van der Waals surface area contributed by atoms with Gasteiger partial charge >= 0.3 is 0 Å². The van der Waals surface area contributed by atoms with Gasteiger partial charge in [-0.25, -0.2) is 4.39 Å². The maximum absolute atomic E-state index is 13.7. The van der Waals surface area contributed by atoms with E-state index < -0.39 is 0 Å². The Kier molecular flexibility index (Phi) is 5.26. The molecule has 2 aromatic carbocycles. The second-order valence-corrected chi connectivity index (χ2v) is 6.02. The summed E-state index contributed by atoms with van der Waals surface area (Å²) in [5.74, 6) is -0.804. The third-order valence-electron chi connectivity index (χ3n) is 3.60. The van der Waals surface area contributed by atoms with Crippen molar-refractivity contribution in [3.8, 4) is 0 Å². The van der Waals surface area contributed by atoms with Crippen LogP contribution >= 0.6 is 15.9 Å². The van der Waals surface area contributed by atoms with E-state index in [1.807, 2.05) is 30.3 Å². The summed E-state index contributed by atoms with van der Waals surface area (Å²) < 4.78 is 14.5. The Morgan fingerprint density at radius 1 is 1.24 bits per heavy atom. The lowest BCUT2D eigenvalue weighted by Crippen LogP contribution is -2.27. The van der Waals surface area contributed by atoms with Crippen molar-refractivity contribution in [2.24, 2.45) is 11.7 Å². The van der Waals surface area contributed by atoms with Crippen LogP contribution in [0, 0.1) is 11.7 Å². The zero-order valence-corrected chi connectivity index (χ0v) is 13.3. The van der Waals surface area contributed by atoms with Gasteiger partial charge in [-0.3, -0.25) is 4.79 Å². The molecule has 0 bridgehead atoms. The minimum absolute atomic E-state index is 0.0486. The summed E-state index contributed by atoms with van der Waals surface area (Å²) in [6, 6.07) is 13.7. The molecule has 2 rings (SSSR count). The van der Waals surface area contributed by atoms with E-state index in [1.54, 1.807) is 19.1 Å². The first-order valence-corrected chi connectivity index (χ1v) is 7.55. The molecule has 2 atom stereocenters. The minimum Gasteiger partial charge on any atom is -0.323 e. The lowest BCUT2D eigenvalue weighted by atomic mass is 9.89. The number of carbonyl (C=O) groups is 1. The molecule has 0 aliphatic heterocycles. The number of rotatable bonds is 5. The summed E-state index contributed by atoms with van der Waals surface area (Å²) in [6.07, 6.45) is 0.0486. The van der Waals surface area contributed by atoms with Gasteiger partial charge in [-0.15, -0.1) is 0 Å². The maximum Gasteiger partial charge on any atom is 0.142 e. The number of Topliss-reactive ketones (excluding diaryl/α,β-unsaturated/α-hetero) is 1. The minimum atomic E-state index is -0.381. The summed E-state index contributed by atoms with van der Waals surface area (Å²) in [4.78, 5) is 12.3. The van der Waals surface area contributed by atoms with E-state index in [0.717, 1.165) is 10.0 Å². The van der Waals surface area contributed by atoms with Crippen molar-refractivity contribution < 1.29 is 9.18 Å². The number of hydrogen-bond donors (Lipinski definition) is 1. The molecule has 0 saturated carbocycles. The van der Waals surface area contributed by atoms with Crippen molar-refractivity contribution >= 4 is 21.7 Å². The van der Waals surface area contributed by atoms with Gasteiger partial charge in [0, 0.05) is 22.9 Å². The largest absolute Gasteiger partial charge is 0.323 e. The zero-order chi connectivity index (χ0) is 15.4. The average Bonchev–Trinajstić information content (AvgIpc) is 2.50. The Hall–Kier alpha value is -1.52. The molecular formula is C17H17BrFNO. The summed E-state index contributed by atoms with van der Waals surface area (Å²) in [5, 5.41) is 0. The van der Waals surface area contributed by atoms with Gasteiger partial charge in [0.15, 0.2) is 0 Å². The summed E-state index contributed by atoms with van der Waals surface area (Å²) in [7, 11) is 0. The van der Waals surface area contributed by atoms with Crippen molar-refractivity contribution in [1.29, 1.82) is 0 Å². The van der Waals surface area contributed by atoms with Crippen LogP contribution in [0.15, 0.2) is 53.0 Å². The fraction of sp³-hybridized carbons (Fsp3) is 0.235. The lowest BCUT2D eigenvalue weighted by molar-refractivity contribution is -0.122. The van der Waals surface area contributed by atoms with Crippen molar-refractivity contribution in [2.45, 2.75) is 19.4 Å². The van der Waals surface area contributed by atoms with Crippen molar-refractivity contribution in [3.05, 3.63) is 69.9 Å². The van der Waals surface area contributed by atoms with Crippen LogP contribution in [0.4, 0.5) is 4.39 Å². The van der Waals surface area contributed by atoms with Gasteiger partial charge in [-0.2, -0.15) is 0 Å². The van der Waals surface area contributed by atoms with Crippen LogP contribution in [0.25, 0.3) is 0 Å². The number of carbonyl (C=O) groups excluding carboxylic acids is 1. The second-order valence-electron chi connectivity index (χ2n) is 5.10. The predicted molar refractivity (Wildman–Crippen MR) is 85.3 cm³/mol. The van der Waals surface area contributed by atoms with E-state index in [2.05, 4.69) is 15.9 Å². The molecule has 2 nitrogen and oxygen atoms in total. The second kappa shape index (κ2) is 6.96. The van der Waals surface area contributed by atoms with Crippen LogP contribution in [-0.4, -0.2) is 5.78 Å². The Morgan fingerprint density at radius 3 is 2.57 bits per heavy atom. The standard InChI is InChI=1S/C17H17BrFNO/c1-11(17(20)12-5-3-2-4-6-12)16(21)10-13-9-14(18)7-8-15(13)19/h2-9,11,17H,10,20H2,1H3. The Bertz CT molecular complexity index is 630. The molecule has 2 aromatic rings. The molecule has 0 radical (unpaired) electrons. The van der Waals surface area contributed by atoms with Gasteiger partial charge < -0.3 is 5.73 Å². The first-order chi connectivity index (χ1) is 9.99. The van der Waals surface area contributed by atoms with E-state index >= 15 is 0 Å². The van der Waals surface area contributed by atoms with Crippen molar-refractivity contribution in [3.63, 3.8) is 0 Å². The van der Waals surface area contributed by atoms with Crippen LogP contribution in [0.2, 0.25) is 0 Å². The monoisotopic (exact) mass is 349 g/mol. The molecule has 2 unspecified atom stereocenters. The molecule has 4 heteroatoms. The third-order valence-corrected chi connectivity index (χ3v) is 4.10. The fourth-order valence-corrected chi connectivity index (χ4v) is 2.60. The maximum atomic E-state index is 13.7. The van der Waals surface area contributed by atoms with E-state index in [0.29, 0.717) is 5.56 Å². The molecule has 21 heavy (non-hydrogen) atoms. The van der Waals surface area contributed by atoms with Crippen molar-refractivity contribution in [1.82, 2.24) is 0 Å². The molecule has 0 fully saturated rings. The van der Waals surface area contributed by atoms with Crippen LogP contribution < -0.4 is 5.73 Å². The number of benzene rings is 2. The third kappa shape index (κ3) is 3.99. The van der Waals surface area contributed by atoms with Crippen LogP contribution in [0.1, 0.15) is 24.1 Å². The highest BCUT2D eigenvalue weighted by molar-refractivity contribution is 9.10. The van der Waals surface area contributed by atoms with Crippen molar-refractivity contribution in [2.75, 3.05) is 0 Å². The van der Waals surface area contributed by atoms with Crippen LogP contribution in [-0.2, 0) is 11.2 Å². The molecule has 0 spiro atoms. The molecular weight excluding hydrogens is 333 g/mol. The molecule has 0 aliphatic carbocycles. The normalized spacial score (nSPS) is 13.7. The molecule has 110 valence electrons. The van der Waals surface area contributed by atoms with E-state index in [4.69, 9.17) is 5.73 Å². The number of ketones is 1. The Balaban J connectivity index is 2.11. The molecule has 0 aliphatic rings. The topological polar surface area (TPSA) is 43.1 Å². The Labute approximate surface area is 132 Å². The molecule has 2 N–H and O–H groups in total. The van der Waals surface area contributed by atoms with Gasteiger partial charge in [0.2, 0.25) is 0 Å². The van der Waals surface area contributed by atoms with E-state index in [9.17, 15) is 9.18 Å². The SMILES string of the molecule is CC(C(=O)Cc1cc(Br)ccc1F)C(N)c1ccccc1. The van der Waals surface area contributed by atoms with Gasteiger partial charge in [0.05, 0.1) is 0 Å². The molecule has 0 aromatic heterocycles. The van der Waals surface area contributed by atoms with Crippen LogP contribution in [0.3, 0.4) is 0 Å². The van der Waals surface area contributed by atoms with Gasteiger partial charge in [-0.05, 0) is 29.3 Å². The van der Waals surface area contributed by atoms with E-state index in [-0.39, 0.29) is 30.0 Å². The molecule has 0 saturated heterocycles. The number of nitrogens with two attached hydrogens (primary N) is 1. The smallest absolute Gasteiger partial charge is 0.142 e. The lowest BCUT2D eigenvalue weighted by Gasteiger charge is -2.19. The molecule has 0 heterocycles. The first-order valence-electron chi connectivity index (χ1n) is 6.76. The molecule has 0 amide bonds. The summed E-state index contributed by atoms with van der Waals surface area (Å²) >= 11 is 3.29. The highest BCUT2D eigenvalue weighted by Gasteiger charge is 2.23. The van der Waals surface area contributed by atoms with Gasteiger partial charge in [0.25, 0.3) is 0 Å². The average molecular weight is 350 g/mol. The van der Waals surface area contributed by atoms with Gasteiger partial charge in [0.1, 0.15) is 11.6 Å². The predicted octanol–water partition coefficient (Wildman–Crippen LogP) is 4.04. The first kappa shape index (κ1) is 15.9. The highest BCUT2D eigenvalue weighted by atomic mass is 79.9. The number of hydrogen-bond acceptors (Lipinski definition) is 2. The highest BCUT2D eigenvalue weighted by Crippen LogP contribution is 2.23. The number of halogens is 2.